The summed E-state index contributed by atoms with van der Waals surface area (Å²) in [7, 11) is -2.42. The standard InChI is InChI=1S/C15H18N4O7S4/c1-7-17-18-14(29-7)28-5-8-4-27-13-15(26-2,16-9(20)6-30(3,24)25)12(23)19(13)10(8)11(21)22/h13H,4-6H2,1-3H3,(H,16,20)(H,21,22)/t13-,15-/m0/s1. The molecule has 3 rings (SSSR count). The van der Waals surface area contributed by atoms with E-state index in [9.17, 15) is 27.9 Å². The maximum Gasteiger partial charge on any atom is 0.352 e. The van der Waals surface area contributed by atoms with E-state index in [0.29, 0.717) is 15.7 Å². The molecule has 2 N–H and O–H groups in total. The van der Waals surface area contributed by atoms with E-state index in [2.05, 4.69) is 15.5 Å². The summed E-state index contributed by atoms with van der Waals surface area (Å²) in [6, 6.07) is 0. The van der Waals surface area contributed by atoms with Crippen LogP contribution in [-0.2, 0) is 29.0 Å². The molecule has 0 bridgehead atoms. The number of carbonyl (C=O) groups excluding carboxylic acids is 2. The van der Waals surface area contributed by atoms with Crippen molar-refractivity contribution in [2.45, 2.75) is 22.4 Å². The molecule has 15 heteroatoms. The molecule has 30 heavy (non-hydrogen) atoms. The number of amides is 2. The summed E-state index contributed by atoms with van der Waals surface area (Å²) in [6.07, 6.45) is 0.894. The predicted octanol–water partition coefficient (Wildman–Crippen LogP) is -0.304. The topological polar surface area (TPSA) is 156 Å². The minimum Gasteiger partial charge on any atom is -0.477 e. The summed E-state index contributed by atoms with van der Waals surface area (Å²) in [5.41, 5.74) is -1.45. The minimum absolute atomic E-state index is 0.164. The number of aromatic nitrogens is 2. The Morgan fingerprint density at radius 2 is 2.13 bits per heavy atom. The number of rotatable bonds is 8. The van der Waals surface area contributed by atoms with Crippen LogP contribution in [0.2, 0.25) is 0 Å². The first-order chi connectivity index (χ1) is 14.0. The average molecular weight is 495 g/mol. The van der Waals surface area contributed by atoms with Gasteiger partial charge in [0.15, 0.2) is 14.2 Å². The lowest BCUT2D eigenvalue weighted by atomic mass is 9.98. The first kappa shape index (κ1) is 23.0. The summed E-state index contributed by atoms with van der Waals surface area (Å²) in [4.78, 5) is 38.0. The highest BCUT2D eigenvalue weighted by Crippen LogP contribution is 2.47. The molecular formula is C15H18N4O7S4. The fourth-order valence-corrected chi connectivity index (χ4v) is 6.96. The number of hydrogen-bond donors (Lipinski definition) is 2. The molecule has 0 unspecified atom stereocenters. The van der Waals surface area contributed by atoms with Gasteiger partial charge in [-0.15, -0.1) is 22.0 Å². The molecule has 0 aromatic carbocycles. The van der Waals surface area contributed by atoms with Crippen LogP contribution in [-0.4, -0.2) is 88.1 Å². The van der Waals surface area contributed by atoms with Crippen LogP contribution in [0.4, 0.5) is 0 Å². The second kappa shape index (κ2) is 8.45. The number of fused-ring (bicyclic) bond motifs is 1. The molecule has 1 saturated heterocycles. The van der Waals surface area contributed by atoms with Gasteiger partial charge in [0, 0.05) is 24.9 Å². The van der Waals surface area contributed by atoms with Crippen molar-refractivity contribution >= 4 is 62.5 Å². The third kappa shape index (κ3) is 4.34. The van der Waals surface area contributed by atoms with E-state index in [1.165, 1.54) is 42.0 Å². The van der Waals surface area contributed by atoms with Crippen LogP contribution in [0, 0.1) is 6.92 Å². The quantitative estimate of drug-likeness (QED) is 0.278. The maximum atomic E-state index is 12.9. The number of thioether (sulfide) groups is 2. The number of carboxylic acid groups (broad SMARTS) is 1. The predicted molar refractivity (Wildman–Crippen MR) is 111 cm³/mol. The molecule has 1 aromatic heterocycles. The second-order valence-electron chi connectivity index (χ2n) is 6.53. The number of hydrogen-bond acceptors (Lipinski definition) is 11. The summed E-state index contributed by atoms with van der Waals surface area (Å²) in [5.74, 6) is -3.16. The number of nitrogens with zero attached hydrogens (tertiary/aromatic N) is 3. The van der Waals surface area contributed by atoms with Gasteiger partial charge in [0.05, 0.1) is 0 Å². The zero-order valence-corrected chi connectivity index (χ0v) is 19.3. The molecule has 2 aliphatic heterocycles. The highest BCUT2D eigenvalue weighted by molar-refractivity contribution is 8.01. The number of sulfone groups is 1. The Kier molecular flexibility index (Phi) is 6.48. The van der Waals surface area contributed by atoms with Crippen LogP contribution in [0.5, 0.6) is 0 Å². The van der Waals surface area contributed by atoms with Crippen molar-refractivity contribution in [2.24, 2.45) is 0 Å². The van der Waals surface area contributed by atoms with Gasteiger partial charge in [-0.2, -0.15) is 0 Å². The SMILES string of the molecule is CO[C@@]1(NC(=O)CS(C)(=O)=O)C(=O)N2C(C(=O)O)=C(CSc3nnc(C)s3)CS[C@H]21. The largest absolute Gasteiger partial charge is 0.477 e. The van der Waals surface area contributed by atoms with Crippen LogP contribution in [0.25, 0.3) is 0 Å². The van der Waals surface area contributed by atoms with Gasteiger partial charge in [-0.05, 0) is 12.5 Å². The van der Waals surface area contributed by atoms with Crippen LogP contribution >= 0.6 is 34.9 Å². The van der Waals surface area contributed by atoms with Gasteiger partial charge in [0.25, 0.3) is 11.6 Å². The van der Waals surface area contributed by atoms with E-state index < -0.39 is 44.5 Å². The molecule has 2 atom stereocenters. The smallest absolute Gasteiger partial charge is 0.352 e. The van der Waals surface area contributed by atoms with E-state index in [-0.39, 0.29) is 11.4 Å². The van der Waals surface area contributed by atoms with Gasteiger partial charge in [-0.3, -0.25) is 14.5 Å². The van der Waals surface area contributed by atoms with Crippen molar-refractivity contribution in [3.05, 3.63) is 16.3 Å². The fraction of sp³-hybridized carbons (Fsp3) is 0.533. The molecule has 3 heterocycles. The summed E-state index contributed by atoms with van der Waals surface area (Å²) in [5, 5.41) is 19.9. The molecular weight excluding hydrogens is 476 g/mol. The van der Waals surface area contributed by atoms with Crippen LogP contribution < -0.4 is 5.32 Å². The van der Waals surface area contributed by atoms with E-state index in [0.717, 1.165) is 16.2 Å². The summed E-state index contributed by atoms with van der Waals surface area (Å²) < 4.78 is 28.7. The maximum absolute atomic E-state index is 12.9. The molecule has 0 radical (unpaired) electrons. The van der Waals surface area contributed by atoms with Crippen molar-refractivity contribution < 1.29 is 32.6 Å². The van der Waals surface area contributed by atoms with Gasteiger partial charge in [-0.25, -0.2) is 13.2 Å². The third-order valence-electron chi connectivity index (χ3n) is 4.23. The van der Waals surface area contributed by atoms with E-state index >= 15 is 0 Å². The molecule has 164 valence electrons. The zero-order chi connectivity index (χ0) is 22.3. The third-order valence-corrected chi connectivity index (χ3v) is 8.45. The van der Waals surface area contributed by atoms with Crippen molar-refractivity contribution in [3.63, 3.8) is 0 Å². The van der Waals surface area contributed by atoms with E-state index in [1.54, 1.807) is 0 Å². The monoisotopic (exact) mass is 494 g/mol. The van der Waals surface area contributed by atoms with Crippen LogP contribution in [0.1, 0.15) is 5.01 Å². The highest BCUT2D eigenvalue weighted by Gasteiger charge is 2.66. The molecule has 1 fully saturated rings. The second-order valence-corrected chi connectivity index (χ2v) is 12.1. The number of ether oxygens (including phenoxy) is 1. The Morgan fingerprint density at radius 1 is 1.43 bits per heavy atom. The normalized spacial score (nSPS) is 23.8. The number of aryl methyl sites for hydroxylation is 1. The number of carbonyl (C=O) groups is 3. The summed E-state index contributed by atoms with van der Waals surface area (Å²) >= 11 is 3.93. The molecule has 0 spiro atoms. The van der Waals surface area contributed by atoms with Gasteiger partial charge in [0.1, 0.15) is 21.8 Å². The average Bonchev–Trinajstić information content (AvgIpc) is 3.06. The van der Waals surface area contributed by atoms with Gasteiger partial charge in [-0.1, -0.05) is 23.1 Å². The van der Waals surface area contributed by atoms with Crippen molar-refractivity contribution in [1.29, 1.82) is 0 Å². The van der Waals surface area contributed by atoms with Crippen LogP contribution in [0.3, 0.4) is 0 Å². The molecule has 1 aromatic rings. The molecule has 0 saturated carbocycles. The lowest BCUT2D eigenvalue weighted by molar-refractivity contribution is -0.192. The molecule has 2 amide bonds. The molecule has 11 nitrogen and oxygen atoms in total. The van der Waals surface area contributed by atoms with Gasteiger partial charge in [0.2, 0.25) is 5.91 Å². The van der Waals surface area contributed by atoms with Crippen molar-refractivity contribution in [1.82, 2.24) is 20.4 Å². The number of β-lactam (4-membered cyclic amide) rings is 1. The molecule has 2 aliphatic rings. The number of nitrogens with one attached hydrogen (secondary N) is 1. The van der Waals surface area contributed by atoms with E-state index in [4.69, 9.17) is 4.74 Å². The number of aliphatic carboxylic acids is 1. The lowest BCUT2D eigenvalue weighted by Crippen LogP contribution is -2.81. The Labute approximate surface area is 184 Å². The van der Waals surface area contributed by atoms with Gasteiger partial charge >= 0.3 is 5.97 Å². The first-order valence-electron chi connectivity index (χ1n) is 8.36. The van der Waals surface area contributed by atoms with Crippen molar-refractivity contribution in [3.8, 4) is 0 Å². The molecule has 0 aliphatic carbocycles. The number of carboxylic acids is 1. The summed E-state index contributed by atoms with van der Waals surface area (Å²) in [6.45, 7) is 1.81. The zero-order valence-electron chi connectivity index (χ0n) is 16.1. The minimum atomic E-state index is -3.62. The van der Waals surface area contributed by atoms with Crippen molar-refractivity contribution in [2.75, 3.05) is 30.6 Å². The number of methoxy groups -OCH3 is 1. The van der Waals surface area contributed by atoms with Gasteiger partial charge < -0.3 is 15.2 Å². The Balaban J connectivity index is 1.82. The highest BCUT2D eigenvalue weighted by atomic mass is 32.2. The first-order valence-corrected chi connectivity index (χ1v) is 13.3. The lowest BCUT2D eigenvalue weighted by Gasteiger charge is -2.55. The van der Waals surface area contributed by atoms with Crippen LogP contribution in [0.15, 0.2) is 15.6 Å². The van der Waals surface area contributed by atoms with E-state index in [1.807, 2.05) is 6.92 Å². The Morgan fingerprint density at radius 3 is 2.67 bits per heavy atom. The Hall–Kier alpha value is -1.68. The Bertz CT molecular complexity index is 1040. The fourth-order valence-electron chi connectivity index (χ4n) is 3.02.